The molecular formula is C15H22N2O2. The molecule has 0 radical (unpaired) electrons. The van der Waals surface area contributed by atoms with E-state index < -0.39 is 11.9 Å². The van der Waals surface area contributed by atoms with Crippen LogP contribution in [-0.4, -0.2) is 48.2 Å². The fraction of sp³-hybridized carbons (Fsp3) is 0.533. The summed E-state index contributed by atoms with van der Waals surface area (Å²) in [5, 5.41) is 12.8. The van der Waals surface area contributed by atoms with Crippen molar-refractivity contribution in [3.05, 3.63) is 35.9 Å². The van der Waals surface area contributed by atoms with E-state index in [2.05, 4.69) is 17.1 Å². The Labute approximate surface area is 114 Å². The molecule has 0 saturated carbocycles. The van der Waals surface area contributed by atoms with Crippen LogP contribution in [0.4, 0.5) is 0 Å². The minimum atomic E-state index is -0.740. The van der Waals surface area contributed by atoms with Gasteiger partial charge < -0.3 is 10.4 Å². The van der Waals surface area contributed by atoms with E-state index in [-0.39, 0.29) is 0 Å². The highest BCUT2D eigenvalue weighted by atomic mass is 16.4. The first-order valence-electron chi connectivity index (χ1n) is 6.95. The standard InChI is InChI=1S/C15H22N2O2/c1-2-17(13-8-9-16-10-13)11-14(15(18)19)12-6-4-3-5-7-12/h3-7,13-14,16H,2,8-11H2,1H3,(H,18,19). The van der Waals surface area contributed by atoms with Crippen LogP contribution in [0, 0.1) is 0 Å². The maximum atomic E-state index is 11.5. The molecule has 1 fully saturated rings. The number of aliphatic carboxylic acids is 1. The van der Waals surface area contributed by atoms with Crippen molar-refractivity contribution in [1.82, 2.24) is 10.2 Å². The highest BCUT2D eigenvalue weighted by Gasteiger charge is 2.27. The van der Waals surface area contributed by atoms with Gasteiger partial charge in [-0.3, -0.25) is 9.69 Å². The zero-order valence-electron chi connectivity index (χ0n) is 11.4. The molecule has 1 saturated heterocycles. The second-order valence-electron chi connectivity index (χ2n) is 5.04. The molecule has 2 N–H and O–H groups in total. The van der Waals surface area contributed by atoms with Crippen molar-refractivity contribution >= 4 is 5.97 Å². The SMILES string of the molecule is CCN(CC(C(=O)O)c1ccccc1)C1CCNC1. The van der Waals surface area contributed by atoms with E-state index in [0.717, 1.165) is 31.6 Å². The van der Waals surface area contributed by atoms with Crippen molar-refractivity contribution in [3.8, 4) is 0 Å². The fourth-order valence-electron chi connectivity index (χ4n) is 2.73. The summed E-state index contributed by atoms with van der Waals surface area (Å²) in [5.41, 5.74) is 0.888. The number of benzene rings is 1. The molecule has 2 atom stereocenters. The minimum Gasteiger partial charge on any atom is -0.481 e. The van der Waals surface area contributed by atoms with Crippen LogP contribution in [0.5, 0.6) is 0 Å². The molecule has 0 aromatic heterocycles. The largest absolute Gasteiger partial charge is 0.481 e. The Kier molecular flexibility index (Phi) is 4.93. The third-order valence-electron chi connectivity index (χ3n) is 3.87. The average molecular weight is 262 g/mol. The summed E-state index contributed by atoms with van der Waals surface area (Å²) in [6.45, 7) is 5.58. The maximum Gasteiger partial charge on any atom is 0.312 e. The molecular weight excluding hydrogens is 240 g/mol. The van der Waals surface area contributed by atoms with Gasteiger partial charge in [0.2, 0.25) is 0 Å². The van der Waals surface area contributed by atoms with Gasteiger partial charge >= 0.3 is 5.97 Å². The quantitative estimate of drug-likeness (QED) is 0.816. The van der Waals surface area contributed by atoms with Crippen LogP contribution in [0.15, 0.2) is 30.3 Å². The molecule has 1 aromatic rings. The van der Waals surface area contributed by atoms with Crippen LogP contribution >= 0.6 is 0 Å². The highest BCUT2D eigenvalue weighted by Crippen LogP contribution is 2.20. The first-order chi connectivity index (χ1) is 9.22. The monoisotopic (exact) mass is 262 g/mol. The lowest BCUT2D eigenvalue weighted by Crippen LogP contribution is -2.40. The molecule has 1 aliphatic rings. The Morgan fingerprint density at radius 2 is 2.21 bits per heavy atom. The predicted molar refractivity (Wildman–Crippen MR) is 75.3 cm³/mol. The van der Waals surface area contributed by atoms with E-state index in [9.17, 15) is 9.90 Å². The van der Waals surface area contributed by atoms with Gasteiger partial charge in [0.15, 0.2) is 0 Å². The highest BCUT2D eigenvalue weighted by molar-refractivity contribution is 5.76. The third kappa shape index (κ3) is 3.55. The van der Waals surface area contributed by atoms with Gasteiger partial charge in [-0.25, -0.2) is 0 Å². The van der Waals surface area contributed by atoms with Crippen molar-refractivity contribution in [2.45, 2.75) is 25.3 Å². The molecule has 4 heteroatoms. The molecule has 104 valence electrons. The Balaban J connectivity index is 2.09. The van der Waals surface area contributed by atoms with Gasteiger partial charge in [0.05, 0.1) is 5.92 Å². The van der Waals surface area contributed by atoms with E-state index in [4.69, 9.17) is 0 Å². The van der Waals surface area contributed by atoms with Crippen molar-refractivity contribution in [2.24, 2.45) is 0 Å². The molecule has 0 spiro atoms. The lowest BCUT2D eigenvalue weighted by Gasteiger charge is -2.29. The molecule has 0 amide bonds. The van der Waals surface area contributed by atoms with Crippen LogP contribution in [-0.2, 0) is 4.79 Å². The molecule has 2 unspecified atom stereocenters. The molecule has 0 bridgehead atoms. The molecule has 1 heterocycles. The zero-order chi connectivity index (χ0) is 13.7. The van der Waals surface area contributed by atoms with Crippen molar-refractivity contribution in [3.63, 3.8) is 0 Å². The zero-order valence-corrected chi connectivity index (χ0v) is 11.4. The number of nitrogens with zero attached hydrogens (tertiary/aromatic N) is 1. The van der Waals surface area contributed by atoms with Crippen LogP contribution in [0.25, 0.3) is 0 Å². The number of hydrogen-bond donors (Lipinski definition) is 2. The van der Waals surface area contributed by atoms with Crippen LogP contribution in [0.2, 0.25) is 0 Å². The summed E-state index contributed by atoms with van der Waals surface area (Å²) < 4.78 is 0. The lowest BCUT2D eigenvalue weighted by molar-refractivity contribution is -0.139. The Hall–Kier alpha value is -1.39. The fourth-order valence-corrected chi connectivity index (χ4v) is 2.73. The number of carboxylic acids is 1. The molecule has 1 aliphatic heterocycles. The Bertz CT molecular complexity index is 402. The smallest absolute Gasteiger partial charge is 0.312 e. The summed E-state index contributed by atoms with van der Waals surface area (Å²) in [4.78, 5) is 13.8. The summed E-state index contributed by atoms with van der Waals surface area (Å²) in [6.07, 6.45) is 1.11. The summed E-state index contributed by atoms with van der Waals surface area (Å²) >= 11 is 0. The Morgan fingerprint density at radius 1 is 1.47 bits per heavy atom. The number of likely N-dealkylation sites (N-methyl/N-ethyl adjacent to an activating group) is 1. The van der Waals surface area contributed by atoms with Gasteiger partial charge in [-0.05, 0) is 25.1 Å². The molecule has 19 heavy (non-hydrogen) atoms. The topological polar surface area (TPSA) is 52.6 Å². The molecule has 1 aromatic carbocycles. The molecule has 4 nitrogen and oxygen atoms in total. The van der Waals surface area contributed by atoms with Crippen molar-refractivity contribution in [2.75, 3.05) is 26.2 Å². The number of hydrogen-bond acceptors (Lipinski definition) is 3. The normalized spacial score (nSPS) is 20.6. The van der Waals surface area contributed by atoms with E-state index in [0.29, 0.717) is 12.6 Å². The lowest BCUT2D eigenvalue weighted by atomic mass is 9.98. The predicted octanol–water partition coefficient (Wildman–Crippen LogP) is 1.54. The van der Waals surface area contributed by atoms with E-state index in [1.54, 1.807) is 0 Å². The van der Waals surface area contributed by atoms with Crippen LogP contribution < -0.4 is 5.32 Å². The number of carbonyl (C=O) groups is 1. The first kappa shape index (κ1) is 14.0. The van der Waals surface area contributed by atoms with Gasteiger partial charge in [-0.2, -0.15) is 0 Å². The third-order valence-corrected chi connectivity index (χ3v) is 3.87. The number of carboxylic acid groups (broad SMARTS) is 1. The minimum absolute atomic E-state index is 0.443. The van der Waals surface area contributed by atoms with Gasteiger partial charge in [0.25, 0.3) is 0 Å². The van der Waals surface area contributed by atoms with Crippen LogP contribution in [0.3, 0.4) is 0 Å². The van der Waals surface area contributed by atoms with Gasteiger partial charge in [-0.1, -0.05) is 37.3 Å². The summed E-state index contributed by atoms with van der Waals surface area (Å²) in [6, 6.07) is 9.99. The molecule has 0 aliphatic carbocycles. The second kappa shape index (κ2) is 6.68. The number of rotatable bonds is 6. The van der Waals surface area contributed by atoms with Gasteiger partial charge in [-0.15, -0.1) is 0 Å². The first-order valence-corrected chi connectivity index (χ1v) is 6.95. The summed E-state index contributed by atoms with van der Waals surface area (Å²) in [7, 11) is 0. The molecule has 2 rings (SSSR count). The number of nitrogens with one attached hydrogen (secondary N) is 1. The maximum absolute atomic E-state index is 11.5. The van der Waals surface area contributed by atoms with Crippen molar-refractivity contribution in [1.29, 1.82) is 0 Å². The second-order valence-corrected chi connectivity index (χ2v) is 5.04. The van der Waals surface area contributed by atoms with Gasteiger partial charge in [0, 0.05) is 19.1 Å². The summed E-state index contributed by atoms with van der Waals surface area (Å²) in [5.74, 6) is -1.18. The van der Waals surface area contributed by atoms with E-state index in [1.165, 1.54) is 0 Å². The van der Waals surface area contributed by atoms with Gasteiger partial charge in [0.1, 0.15) is 0 Å². The van der Waals surface area contributed by atoms with Crippen molar-refractivity contribution < 1.29 is 9.90 Å². The van der Waals surface area contributed by atoms with Crippen LogP contribution in [0.1, 0.15) is 24.8 Å². The Morgan fingerprint density at radius 3 is 2.74 bits per heavy atom. The van der Waals surface area contributed by atoms with E-state index >= 15 is 0 Å². The van der Waals surface area contributed by atoms with E-state index in [1.807, 2.05) is 30.3 Å². The average Bonchev–Trinajstić information content (AvgIpc) is 2.94.